The van der Waals surface area contributed by atoms with E-state index in [4.69, 9.17) is 0 Å². The highest BCUT2D eigenvalue weighted by atomic mass is 16.2. The highest BCUT2D eigenvalue weighted by molar-refractivity contribution is 5.79. The van der Waals surface area contributed by atoms with E-state index in [0.717, 1.165) is 31.7 Å². The predicted molar refractivity (Wildman–Crippen MR) is 75.9 cm³/mol. The molecule has 2 aliphatic rings. The molecule has 2 atom stereocenters. The van der Waals surface area contributed by atoms with Crippen LogP contribution in [0.2, 0.25) is 0 Å². The SMILES string of the molecule is Cc1cccc(CC(=O)N2CC3CNCC(C3)C2)c1. The average Bonchev–Trinajstić information content (AvgIpc) is 2.38. The lowest BCUT2D eigenvalue weighted by Crippen LogP contribution is -2.53. The highest BCUT2D eigenvalue weighted by Gasteiger charge is 2.32. The number of aryl methyl sites for hydroxylation is 1. The zero-order valence-electron chi connectivity index (χ0n) is 11.6. The number of carbonyl (C=O) groups excluding carboxylic acids is 1. The number of hydrogen-bond donors (Lipinski definition) is 1. The maximum absolute atomic E-state index is 12.4. The molecule has 2 heterocycles. The fourth-order valence-electron chi connectivity index (χ4n) is 3.42. The third-order valence-electron chi connectivity index (χ3n) is 4.28. The van der Waals surface area contributed by atoms with Gasteiger partial charge < -0.3 is 10.2 Å². The molecule has 3 rings (SSSR count). The topological polar surface area (TPSA) is 32.3 Å². The van der Waals surface area contributed by atoms with E-state index in [0.29, 0.717) is 24.2 Å². The number of likely N-dealkylation sites (tertiary alicyclic amines) is 1. The standard InChI is InChI=1S/C16H22N2O/c1-12-3-2-4-13(5-12)7-16(19)18-10-14-6-15(11-18)9-17-8-14/h2-5,14-15,17H,6-11H2,1H3. The van der Waals surface area contributed by atoms with Crippen LogP contribution in [0, 0.1) is 18.8 Å². The molecule has 19 heavy (non-hydrogen) atoms. The van der Waals surface area contributed by atoms with E-state index in [-0.39, 0.29) is 0 Å². The van der Waals surface area contributed by atoms with E-state index in [1.54, 1.807) is 0 Å². The van der Waals surface area contributed by atoms with Crippen LogP contribution in [-0.2, 0) is 11.2 Å². The van der Waals surface area contributed by atoms with Crippen molar-refractivity contribution in [2.24, 2.45) is 11.8 Å². The van der Waals surface area contributed by atoms with E-state index in [9.17, 15) is 4.79 Å². The number of carbonyl (C=O) groups is 1. The maximum Gasteiger partial charge on any atom is 0.227 e. The quantitative estimate of drug-likeness (QED) is 0.874. The summed E-state index contributed by atoms with van der Waals surface area (Å²) in [6.07, 6.45) is 1.84. The zero-order valence-corrected chi connectivity index (χ0v) is 11.6. The second-order valence-corrected chi connectivity index (χ2v) is 6.09. The normalized spacial score (nSPS) is 26.3. The van der Waals surface area contributed by atoms with E-state index in [1.165, 1.54) is 12.0 Å². The molecule has 0 aliphatic carbocycles. The smallest absolute Gasteiger partial charge is 0.227 e. The van der Waals surface area contributed by atoms with Crippen molar-refractivity contribution in [2.75, 3.05) is 26.2 Å². The third-order valence-corrected chi connectivity index (χ3v) is 4.28. The van der Waals surface area contributed by atoms with E-state index < -0.39 is 0 Å². The van der Waals surface area contributed by atoms with Crippen LogP contribution in [0.25, 0.3) is 0 Å². The molecule has 3 nitrogen and oxygen atoms in total. The molecule has 1 aromatic rings. The average molecular weight is 258 g/mol. The maximum atomic E-state index is 12.4. The summed E-state index contributed by atoms with van der Waals surface area (Å²) in [5.41, 5.74) is 2.36. The zero-order chi connectivity index (χ0) is 13.2. The number of amides is 1. The number of nitrogens with one attached hydrogen (secondary N) is 1. The van der Waals surface area contributed by atoms with Gasteiger partial charge in [-0.1, -0.05) is 29.8 Å². The second kappa shape index (κ2) is 5.33. The molecule has 0 aromatic heterocycles. The van der Waals surface area contributed by atoms with Gasteiger partial charge in [-0.3, -0.25) is 4.79 Å². The van der Waals surface area contributed by atoms with Crippen LogP contribution >= 0.6 is 0 Å². The first-order valence-electron chi connectivity index (χ1n) is 7.25. The molecule has 1 amide bonds. The highest BCUT2D eigenvalue weighted by Crippen LogP contribution is 2.24. The van der Waals surface area contributed by atoms with Gasteiger partial charge >= 0.3 is 0 Å². The lowest BCUT2D eigenvalue weighted by molar-refractivity contribution is -0.133. The number of benzene rings is 1. The Kier molecular flexibility index (Phi) is 3.56. The lowest BCUT2D eigenvalue weighted by atomic mass is 9.85. The Morgan fingerprint density at radius 1 is 1.32 bits per heavy atom. The Hall–Kier alpha value is -1.35. The van der Waals surface area contributed by atoms with Crippen molar-refractivity contribution in [3.63, 3.8) is 0 Å². The minimum atomic E-state index is 0.294. The fourth-order valence-corrected chi connectivity index (χ4v) is 3.42. The van der Waals surface area contributed by atoms with Gasteiger partial charge in [0.25, 0.3) is 0 Å². The van der Waals surface area contributed by atoms with Crippen LogP contribution in [0.5, 0.6) is 0 Å². The second-order valence-electron chi connectivity index (χ2n) is 6.09. The van der Waals surface area contributed by atoms with Crippen molar-refractivity contribution in [3.05, 3.63) is 35.4 Å². The molecule has 1 N–H and O–H groups in total. The van der Waals surface area contributed by atoms with Crippen molar-refractivity contribution in [3.8, 4) is 0 Å². The molecular weight excluding hydrogens is 236 g/mol. The lowest BCUT2D eigenvalue weighted by Gasteiger charge is -2.41. The summed E-state index contributed by atoms with van der Waals surface area (Å²) in [4.78, 5) is 14.5. The fraction of sp³-hybridized carbons (Fsp3) is 0.562. The number of fused-ring (bicyclic) bond motifs is 2. The Bertz CT molecular complexity index is 460. The number of piperidine rings is 2. The largest absolute Gasteiger partial charge is 0.342 e. The van der Waals surface area contributed by atoms with Gasteiger partial charge in [0.05, 0.1) is 6.42 Å². The Morgan fingerprint density at radius 2 is 2.05 bits per heavy atom. The molecule has 3 heteroatoms. The van der Waals surface area contributed by atoms with Gasteiger partial charge in [0.15, 0.2) is 0 Å². The molecule has 2 fully saturated rings. The van der Waals surface area contributed by atoms with Crippen molar-refractivity contribution in [1.82, 2.24) is 10.2 Å². The molecule has 2 aliphatic heterocycles. The molecule has 2 bridgehead atoms. The Labute approximate surface area is 115 Å². The molecule has 2 saturated heterocycles. The first kappa shape index (κ1) is 12.7. The summed E-state index contributed by atoms with van der Waals surface area (Å²) in [5, 5.41) is 3.47. The van der Waals surface area contributed by atoms with Gasteiger partial charge in [0.1, 0.15) is 0 Å². The number of hydrogen-bond acceptors (Lipinski definition) is 2. The number of nitrogens with zero attached hydrogens (tertiary/aromatic N) is 1. The first-order valence-corrected chi connectivity index (χ1v) is 7.25. The predicted octanol–water partition coefficient (Wildman–Crippen LogP) is 1.61. The summed E-state index contributed by atoms with van der Waals surface area (Å²) in [7, 11) is 0. The molecule has 0 spiro atoms. The molecule has 0 radical (unpaired) electrons. The molecule has 0 saturated carbocycles. The van der Waals surface area contributed by atoms with Crippen molar-refractivity contribution in [1.29, 1.82) is 0 Å². The van der Waals surface area contributed by atoms with Gasteiger partial charge in [-0.05, 0) is 43.8 Å². The van der Waals surface area contributed by atoms with Crippen molar-refractivity contribution < 1.29 is 4.79 Å². The van der Waals surface area contributed by atoms with Gasteiger partial charge in [-0.25, -0.2) is 0 Å². The molecule has 102 valence electrons. The monoisotopic (exact) mass is 258 g/mol. The third kappa shape index (κ3) is 2.98. The number of rotatable bonds is 2. The van der Waals surface area contributed by atoms with Crippen LogP contribution in [-0.4, -0.2) is 37.0 Å². The summed E-state index contributed by atoms with van der Waals surface area (Å²) < 4.78 is 0. The molecule has 1 aromatic carbocycles. The Morgan fingerprint density at radius 3 is 2.74 bits per heavy atom. The molecular formula is C16H22N2O. The Balaban J connectivity index is 1.64. The van der Waals surface area contributed by atoms with Gasteiger partial charge in [0.2, 0.25) is 5.91 Å². The summed E-state index contributed by atoms with van der Waals surface area (Å²) in [6.45, 7) is 6.10. The van der Waals surface area contributed by atoms with E-state index in [2.05, 4.69) is 35.3 Å². The van der Waals surface area contributed by atoms with Crippen LogP contribution < -0.4 is 5.32 Å². The van der Waals surface area contributed by atoms with Gasteiger partial charge in [-0.15, -0.1) is 0 Å². The van der Waals surface area contributed by atoms with Crippen molar-refractivity contribution in [2.45, 2.75) is 19.8 Å². The first-order chi connectivity index (χ1) is 9.20. The van der Waals surface area contributed by atoms with Crippen LogP contribution in [0.4, 0.5) is 0 Å². The summed E-state index contributed by atoms with van der Waals surface area (Å²) in [6, 6.07) is 8.28. The molecule has 2 unspecified atom stereocenters. The van der Waals surface area contributed by atoms with E-state index >= 15 is 0 Å². The van der Waals surface area contributed by atoms with Crippen LogP contribution in [0.15, 0.2) is 24.3 Å². The van der Waals surface area contributed by atoms with Crippen LogP contribution in [0.3, 0.4) is 0 Å². The van der Waals surface area contributed by atoms with Gasteiger partial charge in [0, 0.05) is 13.1 Å². The van der Waals surface area contributed by atoms with Gasteiger partial charge in [-0.2, -0.15) is 0 Å². The minimum absolute atomic E-state index is 0.294. The summed E-state index contributed by atoms with van der Waals surface area (Å²) >= 11 is 0. The van der Waals surface area contributed by atoms with Crippen molar-refractivity contribution >= 4 is 5.91 Å². The van der Waals surface area contributed by atoms with E-state index in [1.807, 2.05) is 6.07 Å². The minimum Gasteiger partial charge on any atom is -0.342 e. The van der Waals surface area contributed by atoms with Crippen LogP contribution in [0.1, 0.15) is 17.5 Å². The summed E-state index contributed by atoms with van der Waals surface area (Å²) in [5.74, 6) is 1.62.